The van der Waals surface area contributed by atoms with Crippen molar-refractivity contribution in [1.29, 1.82) is 0 Å². The number of carbonyl (C=O) groups excluding carboxylic acids is 1. The zero-order valence-corrected chi connectivity index (χ0v) is 9.45. The van der Waals surface area contributed by atoms with Crippen LogP contribution in [0.5, 0.6) is 5.75 Å². The Morgan fingerprint density at radius 3 is 2.62 bits per heavy atom. The highest BCUT2D eigenvalue weighted by Crippen LogP contribution is 2.33. The molecular formula is C8H5BrCl2O2. The van der Waals surface area contributed by atoms with Gasteiger partial charge in [-0.1, -0.05) is 11.6 Å². The molecule has 1 aromatic rings. The topological polar surface area (TPSA) is 37.3 Å². The van der Waals surface area contributed by atoms with Crippen molar-refractivity contribution in [3.05, 3.63) is 27.2 Å². The molecule has 0 saturated carbocycles. The number of benzene rings is 1. The van der Waals surface area contributed by atoms with Crippen LogP contribution in [0.3, 0.4) is 0 Å². The summed E-state index contributed by atoms with van der Waals surface area (Å²) in [5.74, 6) is -0.412. The summed E-state index contributed by atoms with van der Waals surface area (Å²) < 4.78 is 0.383. The molecule has 0 atom stereocenters. The van der Waals surface area contributed by atoms with Crippen LogP contribution in [0.25, 0.3) is 0 Å². The Morgan fingerprint density at radius 1 is 1.54 bits per heavy atom. The predicted octanol–water partition coefficient (Wildman–Crippen LogP) is 3.23. The van der Waals surface area contributed by atoms with E-state index in [0.29, 0.717) is 10.0 Å². The Balaban J connectivity index is 3.20. The van der Waals surface area contributed by atoms with E-state index in [-0.39, 0.29) is 22.4 Å². The van der Waals surface area contributed by atoms with Crippen molar-refractivity contribution in [3.63, 3.8) is 0 Å². The van der Waals surface area contributed by atoms with Gasteiger partial charge >= 0.3 is 0 Å². The minimum atomic E-state index is -0.232. The highest BCUT2D eigenvalue weighted by Gasteiger charge is 2.10. The normalized spacial score (nSPS) is 10.1. The summed E-state index contributed by atoms with van der Waals surface area (Å²) in [6.45, 7) is 0. The van der Waals surface area contributed by atoms with Gasteiger partial charge in [0.05, 0.1) is 15.4 Å². The van der Waals surface area contributed by atoms with E-state index in [2.05, 4.69) is 15.9 Å². The smallest absolute Gasteiger partial charge is 0.177 e. The predicted molar refractivity (Wildman–Crippen MR) is 55.9 cm³/mol. The molecule has 1 rings (SSSR count). The Labute approximate surface area is 93.6 Å². The van der Waals surface area contributed by atoms with Gasteiger partial charge in [-0.2, -0.15) is 0 Å². The molecule has 0 radical (unpaired) electrons. The molecule has 70 valence electrons. The summed E-state index contributed by atoms with van der Waals surface area (Å²) in [4.78, 5) is 11.1. The number of Topliss-reactive ketones (excluding diaryl/α,β-unsaturated/α-hetero) is 1. The zero-order chi connectivity index (χ0) is 10.0. The molecule has 0 fully saturated rings. The first kappa shape index (κ1) is 10.8. The minimum Gasteiger partial charge on any atom is -0.505 e. The molecule has 0 bridgehead atoms. The summed E-state index contributed by atoms with van der Waals surface area (Å²) in [5.41, 5.74) is 0.379. The third kappa shape index (κ3) is 2.36. The number of hydrogen-bond donors (Lipinski definition) is 1. The summed E-state index contributed by atoms with van der Waals surface area (Å²) in [6.07, 6.45) is 0. The van der Waals surface area contributed by atoms with Crippen LogP contribution in [-0.2, 0) is 0 Å². The molecule has 0 aliphatic heterocycles. The second-order valence-electron chi connectivity index (χ2n) is 2.35. The van der Waals surface area contributed by atoms with Crippen molar-refractivity contribution in [2.24, 2.45) is 0 Å². The summed E-state index contributed by atoms with van der Waals surface area (Å²) in [6, 6.07) is 2.86. The lowest BCUT2D eigenvalue weighted by molar-refractivity contribution is 0.102. The Morgan fingerprint density at radius 2 is 2.15 bits per heavy atom. The van der Waals surface area contributed by atoms with Crippen molar-refractivity contribution in [2.75, 3.05) is 5.88 Å². The fourth-order valence-corrected chi connectivity index (χ4v) is 1.75. The third-order valence-corrected chi connectivity index (χ3v) is 2.60. The minimum absolute atomic E-state index is 0.0761. The van der Waals surface area contributed by atoms with Crippen LogP contribution < -0.4 is 0 Å². The van der Waals surface area contributed by atoms with Crippen LogP contribution in [0, 0.1) is 0 Å². The van der Waals surface area contributed by atoms with E-state index < -0.39 is 0 Å². The van der Waals surface area contributed by atoms with Gasteiger partial charge in [-0.05, 0) is 28.1 Å². The lowest BCUT2D eigenvalue weighted by Gasteiger charge is -2.02. The van der Waals surface area contributed by atoms with Gasteiger partial charge in [0, 0.05) is 5.56 Å². The zero-order valence-electron chi connectivity index (χ0n) is 6.35. The first-order valence-electron chi connectivity index (χ1n) is 3.33. The highest BCUT2D eigenvalue weighted by atomic mass is 79.9. The van der Waals surface area contributed by atoms with E-state index in [1.54, 1.807) is 0 Å². The van der Waals surface area contributed by atoms with E-state index >= 15 is 0 Å². The molecule has 0 saturated heterocycles. The van der Waals surface area contributed by atoms with Crippen molar-refractivity contribution < 1.29 is 9.90 Å². The number of rotatable bonds is 2. The summed E-state index contributed by atoms with van der Waals surface area (Å²) in [7, 11) is 0. The Kier molecular flexibility index (Phi) is 3.59. The maximum Gasteiger partial charge on any atom is 0.177 e. The number of phenols is 1. The summed E-state index contributed by atoms with van der Waals surface area (Å²) in [5, 5.41) is 9.39. The monoisotopic (exact) mass is 282 g/mol. The molecule has 0 aliphatic carbocycles. The lowest BCUT2D eigenvalue weighted by atomic mass is 10.1. The number of hydrogen-bond acceptors (Lipinski definition) is 2. The molecule has 0 amide bonds. The largest absolute Gasteiger partial charge is 0.505 e. The van der Waals surface area contributed by atoms with E-state index in [9.17, 15) is 9.90 Å². The van der Waals surface area contributed by atoms with Gasteiger partial charge in [0.2, 0.25) is 0 Å². The second kappa shape index (κ2) is 4.31. The van der Waals surface area contributed by atoms with Crippen molar-refractivity contribution in [1.82, 2.24) is 0 Å². The molecule has 13 heavy (non-hydrogen) atoms. The Hall–Kier alpha value is -0.250. The average Bonchev–Trinajstić information content (AvgIpc) is 2.12. The van der Waals surface area contributed by atoms with E-state index in [1.807, 2.05) is 0 Å². The lowest BCUT2D eigenvalue weighted by Crippen LogP contribution is -1.99. The summed E-state index contributed by atoms with van der Waals surface area (Å²) >= 11 is 14.1. The van der Waals surface area contributed by atoms with Crippen molar-refractivity contribution >= 4 is 44.9 Å². The number of aromatic hydroxyl groups is 1. The molecule has 0 aromatic heterocycles. The van der Waals surface area contributed by atoms with Crippen LogP contribution in [0.1, 0.15) is 10.4 Å². The maximum atomic E-state index is 11.1. The highest BCUT2D eigenvalue weighted by molar-refractivity contribution is 9.10. The van der Waals surface area contributed by atoms with Gasteiger partial charge in [0.15, 0.2) is 5.78 Å². The Bertz CT molecular complexity index is 329. The molecule has 0 aliphatic rings. The van der Waals surface area contributed by atoms with Crippen LogP contribution in [0.15, 0.2) is 16.6 Å². The third-order valence-electron chi connectivity index (χ3n) is 1.46. The molecule has 1 N–H and O–H groups in total. The number of ketones is 1. The number of halogens is 3. The molecule has 2 nitrogen and oxygen atoms in total. The van der Waals surface area contributed by atoms with Gasteiger partial charge in [0.1, 0.15) is 5.75 Å². The molecule has 5 heteroatoms. The molecule has 1 aromatic carbocycles. The fourth-order valence-electron chi connectivity index (χ4n) is 0.804. The van der Waals surface area contributed by atoms with Crippen molar-refractivity contribution in [3.8, 4) is 5.75 Å². The fraction of sp³-hybridized carbons (Fsp3) is 0.125. The van der Waals surface area contributed by atoms with Gasteiger partial charge < -0.3 is 5.11 Å². The maximum absolute atomic E-state index is 11.1. The van der Waals surface area contributed by atoms with E-state index in [4.69, 9.17) is 23.2 Å². The number of alkyl halides is 1. The van der Waals surface area contributed by atoms with E-state index in [1.165, 1.54) is 12.1 Å². The van der Waals surface area contributed by atoms with E-state index in [0.717, 1.165) is 0 Å². The van der Waals surface area contributed by atoms with Gasteiger partial charge in [0.25, 0.3) is 0 Å². The SMILES string of the molecule is O=C(CCl)c1cc(Cl)c(O)c(Br)c1. The molecular weight excluding hydrogens is 279 g/mol. The van der Waals surface area contributed by atoms with Crippen LogP contribution in [0.4, 0.5) is 0 Å². The van der Waals surface area contributed by atoms with Gasteiger partial charge in [-0.3, -0.25) is 4.79 Å². The first-order chi connectivity index (χ1) is 6.06. The van der Waals surface area contributed by atoms with Crippen LogP contribution in [0.2, 0.25) is 5.02 Å². The number of carbonyl (C=O) groups is 1. The quantitative estimate of drug-likeness (QED) is 0.668. The molecule has 0 spiro atoms. The van der Waals surface area contributed by atoms with Gasteiger partial charge in [-0.25, -0.2) is 0 Å². The number of phenolic OH excluding ortho intramolecular Hbond substituents is 1. The van der Waals surface area contributed by atoms with Crippen LogP contribution in [-0.4, -0.2) is 16.8 Å². The molecule has 0 unspecified atom stereocenters. The second-order valence-corrected chi connectivity index (χ2v) is 3.87. The van der Waals surface area contributed by atoms with Crippen LogP contribution >= 0.6 is 39.1 Å². The van der Waals surface area contributed by atoms with Gasteiger partial charge in [-0.15, -0.1) is 11.6 Å². The first-order valence-corrected chi connectivity index (χ1v) is 5.04. The standard InChI is InChI=1S/C8H5BrCl2O2/c9-5-1-4(7(12)3-10)2-6(11)8(5)13/h1-2,13H,3H2. The van der Waals surface area contributed by atoms with Crippen molar-refractivity contribution in [2.45, 2.75) is 0 Å². The molecule has 0 heterocycles. The average molecular weight is 284 g/mol.